The number of hydrogen-bond acceptors (Lipinski definition) is 3. The van der Waals surface area contributed by atoms with Crippen molar-refractivity contribution in [3.8, 4) is 0 Å². The molecule has 6 nitrogen and oxygen atoms in total. The van der Waals surface area contributed by atoms with E-state index in [1.807, 2.05) is 11.0 Å². The van der Waals surface area contributed by atoms with Crippen LogP contribution in [0.15, 0.2) is 35.3 Å². The Labute approximate surface area is 180 Å². The average Bonchev–Trinajstić information content (AvgIpc) is 2.68. The first kappa shape index (κ1) is 23.5. The monoisotopic (exact) mass is 487 g/mol. The van der Waals surface area contributed by atoms with Crippen molar-refractivity contribution in [2.75, 3.05) is 51.2 Å². The highest BCUT2D eigenvalue weighted by Crippen LogP contribution is 2.15. The maximum absolute atomic E-state index is 12.4. The highest BCUT2D eigenvalue weighted by atomic mass is 127. The zero-order valence-electron chi connectivity index (χ0n) is 16.8. The number of amides is 1. The summed E-state index contributed by atoms with van der Waals surface area (Å²) in [4.78, 5) is 20.9. The lowest BCUT2D eigenvalue weighted by atomic mass is 10.1. The molecule has 152 valence electrons. The quantitative estimate of drug-likeness (QED) is 0.269. The second-order valence-electron chi connectivity index (χ2n) is 7.09. The Hall–Kier alpha value is -1.51. The van der Waals surface area contributed by atoms with Gasteiger partial charge in [-0.15, -0.1) is 24.0 Å². The molecule has 2 N–H and O–H groups in total. The van der Waals surface area contributed by atoms with Gasteiger partial charge >= 0.3 is 0 Å². The van der Waals surface area contributed by atoms with E-state index in [-0.39, 0.29) is 36.4 Å². The molecule has 0 saturated carbocycles. The number of piperazine rings is 1. The number of para-hydroxylation sites is 1. The molecule has 1 aliphatic rings. The standard InChI is InChI=1S/C20H33N5O.HI/c1-17(2)8-7-11-22-20(21-3)23-16-19(26)25-14-12-24(13-15-25)18-9-5-4-6-10-18;/h4-6,9-10,17H,7-8,11-16H2,1-3H3,(H2,21,22,23);1H. The van der Waals surface area contributed by atoms with Crippen LogP contribution >= 0.6 is 24.0 Å². The van der Waals surface area contributed by atoms with Gasteiger partial charge in [-0.2, -0.15) is 0 Å². The molecule has 1 aliphatic heterocycles. The van der Waals surface area contributed by atoms with Crippen LogP contribution in [0.3, 0.4) is 0 Å². The number of benzene rings is 1. The van der Waals surface area contributed by atoms with Crippen molar-refractivity contribution in [2.24, 2.45) is 10.9 Å². The summed E-state index contributed by atoms with van der Waals surface area (Å²) in [6, 6.07) is 10.4. The Bertz CT molecular complexity index is 571. The van der Waals surface area contributed by atoms with Crippen molar-refractivity contribution >= 4 is 41.5 Å². The van der Waals surface area contributed by atoms with Crippen molar-refractivity contribution in [3.63, 3.8) is 0 Å². The Balaban J connectivity index is 0.00000364. The van der Waals surface area contributed by atoms with E-state index in [1.54, 1.807) is 7.05 Å². The fraction of sp³-hybridized carbons (Fsp3) is 0.600. The summed E-state index contributed by atoms with van der Waals surface area (Å²) in [5.74, 6) is 1.54. The van der Waals surface area contributed by atoms with Crippen LogP contribution < -0.4 is 15.5 Å². The van der Waals surface area contributed by atoms with Crippen molar-refractivity contribution in [1.29, 1.82) is 0 Å². The number of hydrogen-bond donors (Lipinski definition) is 2. The van der Waals surface area contributed by atoms with Crippen LogP contribution in [0.5, 0.6) is 0 Å². The summed E-state index contributed by atoms with van der Waals surface area (Å²) < 4.78 is 0. The molecule has 0 radical (unpaired) electrons. The summed E-state index contributed by atoms with van der Waals surface area (Å²) in [5.41, 5.74) is 1.23. The van der Waals surface area contributed by atoms with Gasteiger partial charge in [0.25, 0.3) is 0 Å². The van der Waals surface area contributed by atoms with Crippen LogP contribution in [-0.4, -0.2) is 63.1 Å². The van der Waals surface area contributed by atoms with E-state index in [0.29, 0.717) is 11.9 Å². The van der Waals surface area contributed by atoms with Crippen LogP contribution in [0.2, 0.25) is 0 Å². The Morgan fingerprint density at radius 2 is 1.78 bits per heavy atom. The number of carbonyl (C=O) groups is 1. The number of nitrogens with one attached hydrogen (secondary N) is 2. The molecule has 27 heavy (non-hydrogen) atoms. The molecule has 1 aromatic carbocycles. The van der Waals surface area contributed by atoms with Gasteiger partial charge in [-0.25, -0.2) is 0 Å². The molecule has 1 amide bonds. The minimum atomic E-state index is 0. The normalized spacial score (nSPS) is 14.7. The number of aliphatic imine (C=N–C) groups is 1. The van der Waals surface area contributed by atoms with Gasteiger partial charge in [0.2, 0.25) is 5.91 Å². The van der Waals surface area contributed by atoms with E-state index in [2.05, 4.69) is 58.6 Å². The minimum absolute atomic E-state index is 0. The van der Waals surface area contributed by atoms with Gasteiger partial charge in [0.05, 0.1) is 6.54 Å². The first-order valence-electron chi connectivity index (χ1n) is 9.62. The molecule has 0 aromatic heterocycles. The van der Waals surface area contributed by atoms with Crippen molar-refractivity contribution < 1.29 is 4.79 Å². The third kappa shape index (κ3) is 8.36. The first-order chi connectivity index (χ1) is 12.6. The van der Waals surface area contributed by atoms with Gasteiger partial charge in [-0.3, -0.25) is 9.79 Å². The maximum atomic E-state index is 12.4. The number of rotatable bonds is 7. The molecule has 2 rings (SSSR count). The molecule has 1 heterocycles. The molecule has 1 fully saturated rings. The predicted molar refractivity (Wildman–Crippen MR) is 124 cm³/mol. The number of carbonyl (C=O) groups excluding carboxylic acids is 1. The van der Waals surface area contributed by atoms with Gasteiger partial charge < -0.3 is 20.4 Å². The molecule has 0 bridgehead atoms. The van der Waals surface area contributed by atoms with Crippen LogP contribution in [0.25, 0.3) is 0 Å². The Morgan fingerprint density at radius 3 is 2.37 bits per heavy atom. The number of guanidine groups is 1. The largest absolute Gasteiger partial charge is 0.368 e. The lowest BCUT2D eigenvalue weighted by Crippen LogP contribution is -2.52. The number of halogens is 1. The number of nitrogens with zero attached hydrogens (tertiary/aromatic N) is 3. The summed E-state index contributed by atoms with van der Waals surface area (Å²) in [5, 5.41) is 6.40. The molecular formula is C20H34IN5O. The van der Waals surface area contributed by atoms with Crippen molar-refractivity contribution in [1.82, 2.24) is 15.5 Å². The van der Waals surface area contributed by atoms with Crippen LogP contribution in [0.4, 0.5) is 5.69 Å². The Kier molecular flexibility index (Phi) is 11.2. The van der Waals surface area contributed by atoms with Crippen LogP contribution in [-0.2, 0) is 4.79 Å². The maximum Gasteiger partial charge on any atom is 0.242 e. The zero-order valence-corrected chi connectivity index (χ0v) is 19.1. The highest BCUT2D eigenvalue weighted by molar-refractivity contribution is 14.0. The molecule has 1 aromatic rings. The minimum Gasteiger partial charge on any atom is -0.368 e. The van der Waals surface area contributed by atoms with Crippen molar-refractivity contribution in [2.45, 2.75) is 26.7 Å². The third-order valence-electron chi connectivity index (χ3n) is 4.64. The van der Waals surface area contributed by atoms with E-state index >= 15 is 0 Å². The van der Waals surface area contributed by atoms with Gasteiger partial charge in [0, 0.05) is 45.5 Å². The van der Waals surface area contributed by atoms with E-state index in [0.717, 1.165) is 39.1 Å². The van der Waals surface area contributed by atoms with Crippen LogP contribution in [0, 0.1) is 5.92 Å². The molecular weight excluding hydrogens is 453 g/mol. The van der Waals surface area contributed by atoms with E-state index in [1.165, 1.54) is 12.1 Å². The highest BCUT2D eigenvalue weighted by Gasteiger charge is 2.21. The Morgan fingerprint density at radius 1 is 1.11 bits per heavy atom. The topological polar surface area (TPSA) is 60.0 Å². The second kappa shape index (κ2) is 12.8. The summed E-state index contributed by atoms with van der Waals surface area (Å²) in [7, 11) is 1.74. The summed E-state index contributed by atoms with van der Waals surface area (Å²) >= 11 is 0. The molecule has 1 saturated heterocycles. The van der Waals surface area contributed by atoms with Gasteiger partial charge in [-0.1, -0.05) is 32.0 Å². The molecule has 0 spiro atoms. The van der Waals surface area contributed by atoms with Gasteiger partial charge in [0.1, 0.15) is 0 Å². The number of anilines is 1. The smallest absolute Gasteiger partial charge is 0.242 e. The zero-order chi connectivity index (χ0) is 18.8. The fourth-order valence-corrected chi connectivity index (χ4v) is 3.06. The summed E-state index contributed by atoms with van der Waals surface area (Å²) in [6.07, 6.45) is 2.29. The molecule has 0 unspecified atom stereocenters. The van der Waals surface area contributed by atoms with Crippen molar-refractivity contribution in [3.05, 3.63) is 30.3 Å². The third-order valence-corrected chi connectivity index (χ3v) is 4.64. The van der Waals surface area contributed by atoms with Gasteiger partial charge in [-0.05, 0) is 30.9 Å². The molecule has 0 aliphatic carbocycles. The lowest BCUT2D eigenvalue weighted by molar-refractivity contribution is -0.130. The van der Waals surface area contributed by atoms with E-state index in [4.69, 9.17) is 0 Å². The summed E-state index contributed by atoms with van der Waals surface area (Å²) in [6.45, 7) is 8.88. The van der Waals surface area contributed by atoms with E-state index in [9.17, 15) is 4.79 Å². The fourth-order valence-electron chi connectivity index (χ4n) is 3.06. The predicted octanol–water partition coefficient (Wildman–Crippen LogP) is 2.55. The molecule has 0 atom stereocenters. The SMILES string of the molecule is CN=C(NCCCC(C)C)NCC(=O)N1CCN(c2ccccc2)CC1.I. The molecule has 7 heteroatoms. The lowest BCUT2D eigenvalue weighted by Gasteiger charge is -2.36. The van der Waals surface area contributed by atoms with Gasteiger partial charge in [0.15, 0.2) is 5.96 Å². The average molecular weight is 487 g/mol. The van der Waals surface area contributed by atoms with E-state index < -0.39 is 0 Å². The first-order valence-corrected chi connectivity index (χ1v) is 9.62. The van der Waals surface area contributed by atoms with Crippen LogP contribution in [0.1, 0.15) is 26.7 Å². The second-order valence-corrected chi connectivity index (χ2v) is 7.09.